The van der Waals surface area contributed by atoms with Gasteiger partial charge in [-0.1, -0.05) is 110 Å². The SMILES string of the molecule is CC1(c2ccc(-c3nc4c(C5C=CC(F)CC5(C)F)c(-c5ccccc5)nn4cc3-c3ccccc3)cc2)CCC1. The van der Waals surface area contributed by atoms with E-state index >= 15 is 4.39 Å². The van der Waals surface area contributed by atoms with E-state index in [1.54, 1.807) is 10.6 Å². The monoisotopic (exact) mass is 545 g/mol. The number of hydrogen-bond donors (Lipinski definition) is 0. The molecular formula is C36H33F2N3. The Morgan fingerprint density at radius 3 is 2.02 bits per heavy atom. The maximum atomic E-state index is 16.2. The number of halogens is 2. The van der Waals surface area contributed by atoms with Crippen LogP contribution < -0.4 is 0 Å². The number of alkyl halides is 2. The van der Waals surface area contributed by atoms with Gasteiger partial charge in [-0.25, -0.2) is 18.3 Å². The molecule has 5 heteroatoms. The largest absolute Gasteiger partial charge is 0.243 e. The molecule has 0 bridgehead atoms. The van der Waals surface area contributed by atoms with Crippen LogP contribution in [0.25, 0.3) is 39.3 Å². The Balaban J connectivity index is 1.48. The first-order valence-electron chi connectivity index (χ1n) is 14.5. The lowest BCUT2D eigenvalue weighted by atomic mass is 9.66. The molecule has 0 aliphatic heterocycles. The van der Waals surface area contributed by atoms with Gasteiger partial charge in [0.2, 0.25) is 0 Å². The van der Waals surface area contributed by atoms with Crippen LogP contribution in [0.5, 0.6) is 0 Å². The second-order valence-corrected chi connectivity index (χ2v) is 12.1. The van der Waals surface area contributed by atoms with E-state index in [0.29, 0.717) is 16.9 Å². The van der Waals surface area contributed by atoms with E-state index in [0.717, 1.165) is 27.9 Å². The topological polar surface area (TPSA) is 30.2 Å². The molecule has 206 valence electrons. The van der Waals surface area contributed by atoms with Crippen molar-refractivity contribution in [2.45, 2.75) is 62.7 Å². The Bertz CT molecular complexity index is 1730. The van der Waals surface area contributed by atoms with Crippen LogP contribution in [0.4, 0.5) is 8.78 Å². The van der Waals surface area contributed by atoms with Crippen LogP contribution in [0, 0.1) is 0 Å². The highest BCUT2D eigenvalue weighted by Crippen LogP contribution is 2.47. The predicted molar refractivity (Wildman–Crippen MR) is 161 cm³/mol. The molecule has 2 aliphatic rings. The molecule has 0 radical (unpaired) electrons. The molecular weight excluding hydrogens is 512 g/mol. The Morgan fingerprint density at radius 2 is 1.41 bits per heavy atom. The second-order valence-electron chi connectivity index (χ2n) is 12.1. The average molecular weight is 546 g/mol. The number of allylic oxidation sites excluding steroid dienone is 2. The van der Waals surface area contributed by atoms with Crippen LogP contribution in [-0.4, -0.2) is 26.4 Å². The first-order chi connectivity index (χ1) is 19.8. The predicted octanol–water partition coefficient (Wildman–Crippen LogP) is 9.28. The van der Waals surface area contributed by atoms with Crippen molar-refractivity contribution in [3.63, 3.8) is 0 Å². The molecule has 41 heavy (non-hydrogen) atoms. The van der Waals surface area contributed by atoms with Crippen molar-refractivity contribution in [1.29, 1.82) is 0 Å². The van der Waals surface area contributed by atoms with Gasteiger partial charge in [-0.2, -0.15) is 5.10 Å². The first kappa shape index (κ1) is 25.8. The first-order valence-corrected chi connectivity index (χ1v) is 14.5. The molecule has 3 unspecified atom stereocenters. The maximum Gasteiger partial charge on any atom is 0.160 e. The van der Waals surface area contributed by atoms with Crippen molar-refractivity contribution in [3.05, 3.63) is 114 Å². The van der Waals surface area contributed by atoms with Gasteiger partial charge >= 0.3 is 0 Å². The zero-order valence-corrected chi connectivity index (χ0v) is 23.4. The fourth-order valence-corrected chi connectivity index (χ4v) is 6.57. The highest BCUT2D eigenvalue weighted by atomic mass is 19.2. The highest BCUT2D eigenvalue weighted by Gasteiger charge is 2.42. The molecule has 0 N–H and O–H groups in total. The Labute approximate surface area is 239 Å². The van der Waals surface area contributed by atoms with E-state index in [1.165, 1.54) is 37.8 Å². The number of nitrogens with zero attached hydrogens (tertiary/aromatic N) is 3. The molecule has 1 fully saturated rings. The summed E-state index contributed by atoms with van der Waals surface area (Å²) in [6, 6.07) is 28.7. The van der Waals surface area contributed by atoms with E-state index in [-0.39, 0.29) is 11.8 Å². The third-order valence-corrected chi connectivity index (χ3v) is 9.16. The summed E-state index contributed by atoms with van der Waals surface area (Å²) in [7, 11) is 0. The van der Waals surface area contributed by atoms with Gasteiger partial charge in [-0.05, 0) is 36.3 Å². The van der Waals surface area contributed by atoms with Crippen molar-refractivity contribution < 1.29 is 8.78 Å². The third kappa shape index (κ3) is 4.48. The summed E-state index contributed by atoms with van der Waals surface area (Å²) in [5.41, 5.74) is 6.41. The molecule has 3 nitrogen and oxygen atoms in total. The molecule has 3 atom stereocenters. The molecule has 7 rings (SSSR count). The van der Waals surface area contributed by atoms with Gasteiger partial charge in [0.1, 0.15) is 11.8 Å². The molecule has 0 saturated heterocycles. The summed E-state index contributed by atoms with van der Waals surface area (Å²) < 4.78 is 32.3. The van der Waals surface area contributed by atoms with Gasteiger partial charge in [0.15, 0.2) is 5.65 Å². The summed E-state index contributed by atoms with van der Waals surface area (Å²) in [6.07, 6.45) is 7.33. The minimum atomic E-state index is -1.79. The molecule has 2 aliphatic carbocycles. The normalized spacial score (nSPS) is 23.4. The smallest absolute Gasteiger partial charge is 0.160 e. The molecule has 2 heterocycles. The third-order valence-electron chi connectivity index (χ3n) is 9.16. The summed E-state index contributed by atoms with van der Waals surface area (Å²) in [5.74, 6) is -0.689. The zero-order chi connectivity index (χ0) is 28.2. The van der Waals surface area contributed by atoms with E-state index in [4.69, 9.17) is 10.1 Å². The Hall–Kier alpha value is -4.12. The Morgan fingerprint density at radius 1 is 0.780 bits per heavy atom. The molecule has 1 saturated carbocycles. The van der Waals surface area contributed by atoms with Crippen LogP contribution in [0.1, 0.15) is 56.6 Å². The molecule has 3 aromatic carbocycles. The summed E-state index contributed by atoms with van der Waals surface area (Å²) in [6.45, 7) is 3.83. The summed E-state index contributed by atoms with van der Waals surface area (Å²) >= 11 is 0. The number of rotatable bonds is 5. The molecule has 2 aromatic heterocycles. The van der Waals surface area contributed by atoms with Crippen LogP contribution in [0.3, 0.4) is 0 Å². The Kier molecular flexibility index (Phi) is 6.15. The van der Waals surface area contributed by atoms with Gasteiger partial charge < -0.3 is 0 Å². The van der Waals surface area contributed by atoms with E-state index in [9.17, 15) is 4.39 Å². The van der Waals surface area contributed by atoms with Gasteiger partial charge in [0.25, 0.3) is 0 Å². The minimum absolute atomic E-state index is 0.199. The van der Waals surface area contributed by atoms with Crippen LogP contribution in [0.15, 0.2) is 103 Å². The number of hydrogen-bond acceptors (Lipinski definition) is 2. The molecule has 0 spiro atoms. The van der Waals surface area contributed by atoms with Crippen molar-refractivity contribution in [2.75, 3.05) is 0 Å². The quantitative estimate of drug-likeness (QED) is 0.206. The number of aromatic nitrogens is 3. The van der Waals surface area contributed by atoms with Crippen LogP contribution >= 0.6 is 0 Å². The standard InChI is InChI=1S/C36H33F2N3/c1-35(20-9-21-35)27-16-14-26(15-17-27)32-29(24-10-5-3-6-11-24)23-41-34(39-32)31(30-19-18-28(37)22-36(30,2)38)33(40-41)25-12-7-4-8-13-25/h3-8,10-19,23,28,30H,9,20-22H2,1-2H3. The number of benzene rings is 3. The fraction of sp³-hybridized carbons (Fsp3) is 0.278. The van der Waals surface area contributed by atoms with Crippen molar-refractivity contribution >= 4 is 5.65 Å². The minimum Gasteiger partial charge on any atom is -0.243 e. The van der Waals surface area contributed by atoms with Gasteiger partial charge in [-0.3, -0.25) is 0 Å². The highest BCUT2D eigenvalue weighted by molar-refractivity contribution is 5.83. The van der Waals surface area contributed by atoms with Crippen LogP contribution in [-0.2, 0) is 5.41 Å². The van der Waals surface area contributed by atoms with Gasteiger partial charge in [0, 0.05) is 40.8 Å². The van der Waals surface area contributed by atoms with Crippen molar-refractivity contribution in [2.24, 2.45) is 0 Å². The maximum absolute atomic E-state index is 16.2. The van der Waals surface area contributed by atoms with E-state index in [2.05, 4.69) is 43.3 Å². The molecule has 5 aromatic rings. The lowest BCUT2D eigenvalue weighted by molar-refractivity contribution is 0.114. The zero-order valence-electron chi connectivity index (χ0n) is 23.4. The summed E-state index contributed by atoms with van der Waals surface area (Å²) in [5, 5.41) is 4.99. The lowest BCUT2D eigenvalue weighted by Crippen LogP contribution is -2.33. The lowest BCUT2D eigenvalue weighted by Gasteiger charge is -2.39. The van der Waals surface area contributed by atoms with E-state index in [1.807, 2.05) is 54.7 Å². The van der Waals surface area contributed by atoms with Gasteiger partial charge in [-0.15, -0.1) is 0 Å². The fourth-order valence-electron chi connectivity index (χ4n) is 6.57. The molecule has 0 amide bonds. The van der Waals surface area contributed by atoms with Crippen LogP contribution in [0.2, 0.25) is 0 Å². The second kappa shape index (κ2) is 9.76. The average Bonchev–Trinajstić information content (AvgIpc) is 3.34. The summed E-state index contributed by atoms with van der Waals surface area (Å²) in [4.78, 5) is 5.26. The number of fused-ring (bicyclic) bond motifs is 1. The van der Waals surface area contributed by atoms with E-state index < -0.39 is 17.8 Å². The van der Waals surface area contributed by atoms with Gasteiger partial charge in [0.05, 0.1) is 11.4 Å². The van der Waals surface area contributed by atoms with Crippen molar-refractivity contribution in [3.8, 4) is 33.6 Å². The van der Waals surface area contributed by atoms with Crippen molar-refractivity contribution in [1.82, 2.24) is 14.6 Å².